The number of Topliss-reactive ketones (excluding diaryl/α,β-unsaturated/α-hetero) is 1. The Hall–Kier alpha value is -0.740. The Bertz CT molecular complexity index is 372. The first-order chi connectivity index (χ1) is 7.70. The Kier molecular flexibility index (Phi) is 3.71. The highest BCUT2D eigenvalue weighted by atomic mass is 32.2. The molecule has 1 aliphatic rings. The minimum absolute atomic E-state index is 0.112. The van der Waals surface area contributed by atoms with E-state index in [0.717, 1.165) is 23.7 Å². The van der Waals surface area contributed by atoms with Gasteiger partial charge in [-0.2, -0.15) is 0 Å². The minimum atomic E-state index is 0.112. The molecule has 0 saturated carbocycles. The summed E-state index contributed by atoms with van der Waals surface area (Å²) in [6.45, 7) is 1.77. The molecular weight excluding hydrogens is 224 g/mol. The Balaban J connectivity index is 2.00. The number of carbonyl (C=O) groups excluding carboxylic acids is 1. The van der Waals surface area contributed by atoms with E-state index in [2.05, 4.69) is 0 Å². The van der Waals surface area contributed by atoms with Crippen molar-refractivity contribution in [2.24, 2.45) is 5.92 Å². The van der Waals surface area contributed by atoms with Crippen molar-refractivity contribution in [3.8, 4) is 0 Å². The van der Waals surface area contributed by atoms with Crippen molar-refractivity contribution in [3.05, 3.63) is 23.7 Å². The van der Waals surface area contributed by atoms with E-state index in [-0.39, 0.29) is 18.3 Å². The van der Waals surface area contributed by atoms with Crippen molar-refractivity contribution >= 4 is 17.5 Å². The third kappa shape index (κ3) is 2.50. The molecule has 4 heteroatoms. The summed E-state index contributed by atoms with van der Waals surface area (Å²) < 4.78 is 5.64. The summed E-state index contributed by atoms with van der Waals surface area (Å²) in [5.41, 5.74) is 0. The lowest BCUT2D eigenvalue weighted by atomic mass is 10.0. The molecule has 2 heterocycles. The third-order valence-electron chi connectivity index (χ3n) is 2.93. The Morgan fingerprint density at radius 1 is 1.62 bits per heavy atom. The fourth-order valence-corrected chi connectivity index (χ4v) is 3.42. The molecular formula is C12H16O3S. The number of furan rings is 1. The molecule has 88 valence electrons. The number of ketones is 1. The van der Waals surface area contributed by atoms with Crippen LogP contribution in [0.4, 0.5) is 0 Å². The number of aliphatic hydroxyl groups is 1. The van der Waals surface area contributed by atoms with Gasteiger partial charge in [0.2, 0.25) is 0 Å². The number of hydrogen-bond donors (Lipinski definition) is 1. The van der Waals surface area contributed by atoms with Crippen LogP contribution in [0.1, 0.15) is 30.1 Å². The van der Waals surface area contributed by atoms with Crippen LogP contribution >= 0.6 is 11.8 Å². The zero-order valence-corrected chi connectivity index (χ0v) is 10.1. The second kappa shape index (κ2) is 5.06. The van der Waals surface area contributed by atoms with E-state index in [1.807, 2.05) is 12.1 Å². The normalized spacial score (nSPS) is 24.9. The average molecular weight is 240 g/mol. The molecule has 0 spiro atoms. The Labute approximate surface area is 99.2 Å². The minimum Gasteiger partial charge on any atom is -0.465 e. The van der Waals surface area contributed by atoms with E-state index in [1.54, 1.807) is 18.7 Å². The second-order valence-electron chi connectivity index (χ2n) is 4.14. The summed E-state index contributed by atoms with van der Waals surface area (Å²) in [5.74, 6) is 3.12. The lowest BCUT2D eigenvalue weighted by Crippen LogP contribution is -2.08. The molecule has 2 rings (SSSR count). The molecule has 0 aromatic carbocycles. The average Bonchev–Trinajstić information content (AvgIpc) is 2.84. The highest BCUT2D eigenvalue weighted by Gasteiger charge is 2.31. The van der Waals surface area contributed by atoms with Gasteiger partial charge in [0, 0.05) is 18.1 Å². The summed E-state index contributed by atoms with van der Waals surface area (Å²) in [7, 11) is 0. The van der Waals surface area contributed by atoms with Gasteiger partial charge < -0.3 is 9.52 Å². The number of carbonyl (C=O) groups is 1. The molecule has 3 nitrogen and oxygen atoms in total. The number of thioether (sulfide) groups is 1. The van der Waals surface area contributed by atoms with Gasteiger partial charge in [-0.3, -0.25) is 4.79 Å². The van der Waals surface area contributed by atoms with Crippen molar-refractivity contribution in [1.82, 2.24) is 0 Å². The number of hydrogen-bond acceptors (Lipinski definition) is 4. The van der Waals surface area contributed by atoms with Gasteiger partial charge >= 0.3 is 0 Å². The van der Waals surface area contributed by atoms with Crippen molar-refractivity contribution < 1.29 is 14.3 Å². The van der Waals surface area contributed by atoms with E-state index in [0.29, 0.717) is 11.7 Å². The summed E-state index contributed by atoms with van der Waals surface area (Å²) >= 11 is 1.79. The van der Waals surface area contributed by atoms with Crippen molar-refractivity contribution in [2.45, 2.75) is 25.0 Å². The summed E-state index contributed by atoms with van der Waals surface area (Å²) in [6.07, 6.45) is 1.44. The van der Waals surface area contributed by atoms with Gasteiger partial charge in [-0.1, -0.05) is 0 Å². The molecule has 1 fully saturated rings. The summed E-state index contributed by atoms with van der Waals surface area (Å²) in [6, 6.07) is 3.87. The van der Waals surface area contributed by atoms with Gasteiger partial charge in [0.05, 0.1) is 11.9 Å². The summed E-state index contributed by atoms with van der Waals surface area (Å²) in [5, 5.41) is 9.11. The van der Waals surface area contributed by atoms with Crippen LogP contribution in [0.3, 0.4) is 0 Å². The van der Waals surface area contributed by atoms with Crippen LogP contribution in [0.25, 0.3) is 0 Å². The van der Waals surface area contributed by atoms with Gasteiger partial charge in [0.15, 0.2) is 0 Å². The van der Waals surface area contributed by atoms with Crippen molar-refractivity contribution in [3.63, 3.8) is 0 Å². The van der Waals surface area contributed by atoms with Crippen molar-refractivity contribution in [2.75, 3.05) is 12.4 Å². The maximum atomic E-state index is 11.3. The van der Waals surface area contributed by atoms with E-state index in [9.17, 15) is 4.79 Å². The predicted octanol–water partition coefficient (Wildman–Crippen LogP) is 2.20. The number of aliphatic hydroxyl groups excluding tert-OH is 1. The van der Waals surface area contributed by atoms with E-state index < -0.39 is 0 Å². The maximum absolute atomic E-state index is 11.3. The van der Waals surface area contributed by atoms with Gasteiger partial charge in [-0.15, -0.1) is 11.8 Å². The standard InChI is InChI=1S/C12H16O3S/c1-8(14)9-6-12(16-7-9)11-3-2-10(15-11)4-5-13/h2-3,9,12-13H,4-7H2,1H3. The lowest BCUT2D eigenvalue weighted by Gasteiger charge is -2.05. The van der Waals surface area contributed by atoms with Crippen LogP contribution in [0, 0.1) is 5.92 Å². The molecule has 1 saturated heterocycles. The first-order valence-electron chi connectivity index (χ1n) is 5.52. The van der Waals surface area contributed by atoms with Gasteiger partial charge in [-0.05, 0) is 25.5 Å². The van der Waals surface area contributed by atoms with E-state index in [1.165, 1.54) is 0 Å². The van der Waals surface area contributed by atoms with Crippen LogP contribution in [0.2, 0.25) is 0 Å². The third-order valence-corrected chi connectivity index (χ3v) is 4.35. The van der Waals surface area contributed by atoms with Gasteiger partial charge in [0.25, 0.3) is 0 Å². The molecule has 0 amide bonds. The zero-order valence-electron chi connectivity index (χ0n) is 9.31. The molecule has 1 N–H and O–H groups in total. The monoisotopic (exact) mass is 240 g/mol. The molecule has 2 atom stereocenters. The summed E-state index contributed by atoms with van der Waals surface area (Å²) in [4.78, 5) is 11.3. The highest BCUT2D eigenvalue weighted by molar-refractivity contribution is 7.99. The highest BCUT2D eigenvalue weighted by Crippen LogP contribution is 2.43. The topological polar surface area (TPSA) is 50.4 Å². The molecule has 0 bridgehead atoms. The van der Waals surface area contributed by atoms with Gasteiger partial charge in [-0.25, -0.2) is 0 Å². The molecule has 1 aliphatic heterocycles. The van der Waals surface area contributed by atoms with Crippen LogP contribution in [-0.4, -0.2) is 23.2 Å². The van der Waals surface area contributed by atoms with Crippen LogP contribution in [0.15, 0.2) is 16.5 Å². The fraction of sp³-hybridized carbons (Fsp3) is 0.583. The van der Waals surface area contributed by atoms with E-state index in [4.69, 9.17) is 9.52 Å². The van der Waals surface area contributed by atoms with E-state index >= 15 is 0 Å². The molecule has 2 unspecified atom stereocenters. The lowest BCUT2D eigenvalue weighted by molar-refractivity contribution is -0.120. The molecule has 1 aromatic heterocycles. The predicted molar refractivity (Wildman–Crippen MR) is 63.5 cm³/mol. The Morgan fingerprint density at radius 2 is 2.44 bits per heavy atom. The zero-order chi connectivity index (χ0) is 11.5. The Morgan fingerprint density at radius 3 is 3.06 bits per heavy atom. The fourth-order valence-electron chi connectivity index (χ4n) is 1.92. The quantitative estimate of drug-likeness (QED) is 0.876. The van der Waals surface area contributed by atoms with Crippen LogP contribution in [-0.2, 0) is 11.2 Å². The molecule has 0 aliphatic carbocycles. The SMILES string of the molecule is CC(=O)C1CSC(c2ccc(CCO)o2)C1. The second-order valence-corrected chi connectivity index (χ2v) is 5.38. The maximum Gasteiger partial charge on any atom is 0.133 e. The first kappa shape index (κ1) is 11.7. The van der Waals surface area contributed by atoms with Crippen LogP contribution < -0.4 is 0 Å². The largest absolute Gasteiger partial charge is 0.465 e. The molecule has 16 heavy (non-hydrogen) atoms. The van der Waals surface area contributed by atoms with Crippen LogP contribution in [0.5, 0.6) is 0 Å². The smallest absolute Gasteiger partial charge is 0.133 e. The van der Waals surface area contributed by atoms with Crippen molar-refractivity contribution in [1.29, 1.82) is 0 Å². The van der Waals surface area contributed by atoms with Gasteiger partial charge in [0.1, 0.15) is 17.3 Å². The number of rotatable bonds is 4. The first-order valence-corrected chi connectivity index (χ1v) is 6.57. The molecule has 0 radical (unpaired) electrons. The molecule has 1 aromatic rings.